The summed E-state index contributed by atoms with van der Waals surface area (Å²) < 4.78 is 2.23. The lowest BCUT2D eigenvalue weighted by Crippen LogP contribution is -2.44. The molecular formula is C13H23N3S. The Morgan fingerprint density at radius 2 is 2.12 bits per heavy atom. The fraction of sp³-hybridized carbons (Fsp3) is 0.615. The van der Waals surface area contributed by atoms with E-state index in [0.29, 0.717) is 6.04 Å². The lowest BCUT2D eigenvalue weighted by molar-refractivity contribution is 0.252. The summed E-state index contributed by atoms with van der Waals surface area (Å²) in [6.45, 7) is 7.76. The van der Waals surface area contributed by atoms with E-state index in [9.17, 15) is 0 Å². The number of nitrogens with zero attached hydrogens (tertiary/aromatic N) is 2. The van der Waals surface area contributed by atoms with Gasteiger partial charge in [0, 0.05) is 18.8 Å². The third-order valence-electron chi connectivity index (χ3n) is 2.72. The van der Waals surface area contributed by atoms with Crippen LogP contribution in [0.2, 0.25) is 0 Å². The number of likely N-dealkylation sites (N-methyl/N-ethyl adjacent to an activating group) is 2. The number of pyridine rings is 1. The summed E-state index contributed by atoms with van der Waals surface area (Å²) in [6, 6.07) is 6.45. The molecule has 1 unspecified atom stereocenters. The van der Waals surface area contributed by atoms with Crippen molar-refractivity contribution in [2.45, 2.75) is 31.8 Å². The first-order valence-electron chi connectivity index (χ1n) is 5.91. The van der Waals surface area contributed by atoms with Crippen LogP contribution >= 0.6 is 11.9 Å². The molecule has 1 N–H and O–H groups in total. The maximum atomic E-state index is 4.31. The van der Waals surface area contributed by atoms with Crippen LogP contribution in [-0.2, 0) is 0 Å². The van der Waals surface area contributed by atoms with Gasteiger partial charge in [0.1, 0.15) is 5.03 Å². The molecule has 1 heterocycles. The topological polar surface area (TPSA) is 28.2 Å². The number of hydrogen-bond donors (Lipinski definition) is 1. The molecule has 0 radical (unpaired) electrons. The monoisotopic (exact) mass is 253 g/mol. The van der Waals surface area contributed by atoms with E-state index in [4.69, 9.17) is 0 Å². The highest BCUT2D eigenvalue weighted by atomic mass is 32.2. The molecule has 4 heteroatoms. The maximum Gasteiger partial charge on any atom is 0.111 e. The van der Waals surface area contributed by atoms with Crippen LogP contribution in [0.15, 0.2) is 29.4 Å². The van der Waals surface area contributed by atoms with Gasteiger partial charge in [-0.3, -0.25) is 0 Å². The van der Waals surface area contributed by atoms with Crippen molar-refractivity contribution in [2.24, 2.45) is 5.41 Å². The second kappa shape index (κ2) is 6.38. The van der Waals surface area contributed by atoms with Gasteiger partial charge in [-0.15, -0.1) is 0 Å². The van der Waals surface area contributed by atoms with E-state index in [1.807, 2.05) is 31.4 Å². The predicted octanol–water partition coefficient (Wildman–Crippen LogP) is 2.65. The summed E-state index contributed by atoms with van der Waals surface area (Å²) in [5.41, 5.74) is 0.258. The number of nitrogens with one attached hydrogen (secondary N) is 1. The average molecular weight is 253 g/mol. The van der Waals surface area contributed by atoms with Gasteiger partial charge in [-0.25, -0.2) is 9.29 Å². The van der Waals surface area contributed by atoms with Crippen molar-refractivity contribution in [1.29, 1.82) is 0 Å². The lowest BCUT2D eigenvalue weighted by Gasteiger charge is -2.33. The summed E-state index contributed by atoms with van der Waals surface area (Å²) in [5.74, 6) is 0. The predicted molar refractivity (Wildman–Crippen MR) is 75.0 cm³/mol. The van der Waals surface area contributed by atoms with Crippen LogP contribution in [0.1, 0.15) is 20.8 Å². The van der Waals surface area contributed by atoms with Gasteiger partial charge in [-0.2, -0.15) is 0 Å². The van der Waals surface area contributed by atoms with Crippen molar-refractivity contribution in [3.05, 3.63) is 24.4 Å². The third-order valence-corrected chi connectivity index (χ3v) is 3.61. The molecule has 0 saturated carbocycles. The highest BCUT2D eigenvalue weighted by molar-refractivity contribution is 7.96. The van der Waals surface area contributed by atoms with Gasteiger partial charge in [-0.1, -0.05) is 26.8 Å². The fourth-order valence-corrected chi connectivity index (χ4v) is 2.44. The average Bonchev–Trinajstić information content (AvgIpc) is 2.25. The van der Waals surface area contributed by atoms with Gasteiger partial charge >= 0.3 is 0 Å². The standard InChI is InChI=1S/C13H23N3S/c1-13(2,3)11(14-4)10-16(5)17-12-8-6-7-9-15-12/h6-9,11,14H,10H2,1-5H3. The molecule has 0 aliphatic rings. The molecule has 0 aliphatic heterocycles. The first-order chi connectivity index (χ1) is 7.93. The Balaban J connectivity index is 2.51. The number of aromatic nitrogens is 1. The van der Waals surface area contributed by atoms with Crippen LogP contribution < -0.4 is 5.32 Å². The molecule has 96 valence electrons. The second-order valence-electron chi connectivity index (χ2n) is 5.28. The van der Waals surface area contributed by atoms with Gasteiger partial charge < -0.3 is 5.32 Å². The minimum atomic E-state index is 0.258. The van der Waals surface area contributed by atoms with Crippen molar-refractivity contribution in [3.8, 4) is 0 Å². The normalized spacial score (nSPS) is 14.0. The Hall–Kier alpha value is -0.580. The zero-order valence-electron chi connectivity index (χ0n) is 11.4. The molecule has 0 fully saturated rings. The Morgan fingerprint density at radius 3 is 2.59 bits per heavy atom. The van der Waals surface area contributed by atoms with Gasteiger partial charge in [0.15, 0.2) is 0 Å². The molecular weight excluding hydrogens is 230 g/mol. The van der Waals surface area contributed by atoms with E-state index in [1.165, 1.54) is 0 Å². The van der Waals surface area contributed by atoms with E-state index < -0.39 is 0 Å². The highest BCUT2D eigenvalue weighted by Crippen LogP contribution is 2.24. The van der Waals surface area contributed by atoms with Crippen LogP contribution in [0.3, 0.4) is 0 Å². The van der Waals surface area contributed by atoms with E-state index in [2.05, 4.69) is 42.4 Å². The zero-order chi connectivity index (χ0) is 12.9. The molecule has 0 aliphatic carbocycles. The van der Waals surface area contributed by atoms with E-state index in [-0.39, 0.29) is 5.41 Å². The van der Waals surface area contributed by atoms with E-state index >= 15 is 0 Å². The Kier molecular flexibility index (Phi) is 5.43. The van der Waals surface area contributed by atoms with Crippen molar-refractivity contribution in [3.63, 3.8) is 0 Å². The van der Waals surface area contributed by atoms with Crippen LogP contribution in [0.5, 0.6) is 0 Å². The summed E-state index contributed by atoms with van der Waals surface area (Å²) in [5, 5.41) is 4.42. The molecule has 0 amide bonds. The molecule has 17 heavy (non-hydrogen) atoms. The molecule has 1 aromatic rings. The SMILES string of the molecule is CNC(CN(C)Sc1ccccn1)C(C)(C)C. The number of hydrogen-bond acceptors (Lipinski definition) is 4. The molecule has 1 rings (SSSR count). The maximum absolute atomic E-state index is 4.31. The minimum Gasteiger partial charge on any atom is -0.315 e. The van der Waals surface area contributed by atoms with Crippen molar-refractivity contribution < 1.29 is 0 Å². The van der Waals surface area contributed by atoms with E-state index in [1.54, 1.807) is 11.9 Å². The van der Waals surface area contributed by atoms with Gasteiger partial charge in [0.2, 0.25) is 0 Å². The van der Waals surface area contributed by atoms with Gasteiger partial charge in [0.05, 0.1) is 0 Å². The lowest BCUT2D eigenvalue weighted by atomic mass is 9.87. The van der Waals surface area contributed by atoms with Crippen LogP contribution in [0, 0.1) is 5.41 Å². The van der Waals surface area contributed by atoms with Crippen LogP contribution in [-0.4, -0.2) is 36.0 Å². The minimum absolute atomic E-state index is 0.258. The first kappa shape index (κ1) is 14.5. The molecule has 0 spiro atoms. The largest absolute Gasteiger partial charge is 0.315 e. The molecule has 0 saturated heterocycles. The summed E-state index contributed by atoms with van der Waals surface area (Å²) >= 11 is 1.69. The Morgan fingerprint density at radius 1 is 1.41 bits per heavy atom. The Labute approximate surface area is 109 Å². The van der Waals surface area contributed by atoms with E-state index in [0.717, 1.165) is 11.6 Å². The molecule has 0 bridgehead atoms. The van der Waals surface area contributed by atoms with Crippen LogP contribution in [0.4, 0.5) is 0 Å². The zero-order valence-corrected chi connectivity index (χ0v) is 12.2. The number of rotatable bonds is 5. The van der Waals surface area contributed by atoms with Gasteiger partial charge in [-0.05, 0) is 43.6 Å². The van der Waals surface area contributed by atoms with Gasteiger partial charge in [0.25, 0.3) is 0 Å². The highest BCUT2D eigenvalue weighted by Gasteiger charge is 2.24. The fourth-order valence-electron chi connectivity index (χ4n) is 1.65. The molecule has 0 aromatic carbocycles. The van der Waals surface area contributed by atoms with Crippen molar-refractivity contribution >= 4 is 11.9 Å². The molecule has 3 nitrogen and oxygen atoms in total. The molecule has 1 atom stereocenters. The van der Waals surface area contributed by atoms with Crippen LogP contribution in [0.25, 0.3) is 0 Å². The van der Waals surface area contributed by atoms with Crippen molar-refractivity contribution in [1.82, 2.24) is 14.6 Å². The summed E-state index contributed by atoms with van der Waals surface area (Å²) in [4.78, 5) is 4.31. The quantitative estimate of drug-likeness (QED) is 0.817. The smallest absolute Gasteiger partial charge is 0.111 e. The Bertz CT molecular complexity index is 321. The summed E-state index contributed by atoms with van der Waals surface area (Å²) in [6.07, 6.45) is 1.83. The molecule has 1 aromatic heterocycles. The first-order valence-corrected chi connectivity index (χ1v) is 6.68. The second-order valence-corrected chi connectivity index (χ2v) is 6.50. The van der Waals surface area contributed by atoms with Crippen molar-refractivity contribution in [2.75, 3.05) is 20.6 Å². The summed E-state index contributed by atoms with van der Waals surface area (Å²) in [7, 11) is 4.13. The third kappa shape index (κ3) is 5.06.